The van der Waals surface area contributed by atoms with Crippen LogP contribution in [0.15, 0.2) is 22.7 Å². The number of fused-ring (bicyclic) bond motifs is 1. The number of benzene rings is 1. The zero-order valence-corrected chi connectivity index (χ0v) is 15.1. The molecule has 1 N–H and O–H groups in total. The van der Waals surface area contributed by atoms with Crippen LogP contribution in [0.5, 0.6) is 5.75 Å². The van der Waals surface area contributed by atoms with Crippen molar-refractivity contribution in [1.82, 2.24) is 10.2 Å². The second-order valence-corrected chi connectivity index (χ2v) is 6.81. The number of rotatable bonds is 2. The minimum absolute atomic E-state index is 0. The predicted molar refractivity (Wildman–Crippen MR) is 92.9 cm³/mol. The number of nitrogens with zero attached hydrogens (tertiary/aromatic N) is 1. The van der Waals surface area contributed by atoms with Gasteiger partial charge >= 0.3 is 0 Å². The first-order valence-electron chi connectivity index (χ1n) is 7.52. The molecule has 0 bridgehead atoms. The van der Waals surface area contributed by atoms with Gasteiger partial charge in [-0.15, -0.1) is 12.4 Å². The molecule has 2 fully saturated rings. The van der Waals surface area contributed by atoms with Crippen LogP contribution in [-0.2, 0) is 0 Å². The van der Waals surface area contributed by atoms with Gasteiger partial charge in [0, 0.05) is 17.6 Å². The highest BCUT2D eigenvalue weighted by molar-refractivity contribution is 9.10. The van der Waals surface area contributed by atoms with E-state index in [4.69, 9.17) is 4.74 Å². The Morgan fingerprint density at radius 2 is 1.91 bits per heavy atom. The number of amides is 1. The summed E-state index contributed by atoms with van der Waals surface area (Å²) in [6, 6.07) is 5.59. The summed E-state index contributed by atoms with van der Waals surface area (Å²) in [4.78, 5) is 14.8. The Morgan fingerprint density at radius 1 is 1.27 bits per heavy atom. The topological polar surface area (TPSA) is 41.6 Å². The molecule has 2 saturated heterocycles. The molecule has 1 aromatic rings. The lowest BCUT2D eigenvalue weighted by molar-refractivity contribution is 0.0755. The molecule has 3 rings (SSSR count). The molecule has 0 aliphatic carbocycles. The molecule has 0 unspecified atom stereocenters. The molecule has 2 aliphatic heterocycles. The van der Waals surface area contributed by atoms with Crippen LogP contribution in [0.2, 0.25) is 0 Å². The van der Waals surface area contributed by atoms with E-state index in [1.165, 1.54) is 0 Å². The molecule has 2 atom stereocenters. The van der Waals surface area contributed by atoms with E-state index in [0.29, 0.717) is 11.3 Å². The summed E-state index contributed by atoms with van der Waals surface area (Å²) in [6.45, 7) is 3.91. The van der Waals surface area contributed by atoms with Gasteiger partial charge in [-0.25, -0.2) is 0 Å². The van der Waals surface area contributed by atoms with Crippen molar-refractivity contribution in [3.8, 4) is 5.75 Å². The molecule has 22 heavy (non-hydrogen) atoms. The van der Waals surface area contributed by atoms with Crippen LogP contribution in [0.4, 0.5) is 0 Å². The lowest BCUT2D eigenvalue weighted by Crippen LogP contribution is -2.33. The number of ether oxygens (including phenoxy) is 1. The largest absolute Gasteiger partial charge is 0.496 e. The fourth-order valence-electron chi connectivity index (χ4n) is 3.43. The lowest BCUT2D eigenvalue weighted by atomic mass is 9.92. The summed E-state index contributed by atoms with van der Waals surface area (Å²) in [5.74, 6) is 2.19. The van der Waals surface area contributed by atoms with Crippen molar-refractivity contribution in [1.29, 1.82) is 0 Å². The summed E-state index contributed by atoms with van der Waals surface area (Å²) < 4.78 is 6.28. The van der Waals surface area contributed by atoms with E-state index in [2.05, 4.69) is 21.2 Å². The van der Waals surface area contributed by atoms with Crippen LogP contribution in [0.1, 0.15) is 23.2 Å². The van der Waals surface area contributed by atoms with Crippen molar-refractivity contribution in [2.75, 3.05) is 33.3 Å². The number of hydrogen-bond donors (Lipinski definition) is 1. The van der Waals surface area contributed by atoms with Crippen molar-refractivity contribution >= 4 is 34.2 Å². The maximum absolute atomic E-state index is 12.8. The van der Waals surface area contributed by atoms with E-state index in [1.54, 1.807) is 7.11 Å². The second kappa shape index (κ2) is 7.66. The normalized spacial score (nSPS) is 24.2. The predicted octanol–water partition coefficient (Wildman–Crippen LogP) is 2.95. The monoisotopic (exact) mass is 388 g/mol. The third-order valence-electron chi connectivity index (χ3n) is 4.70. The Kier molecular flexibility index (Phi) is 6.12. The fourth-order valence-corrected chi connectivity index (χ4v) is 3.77. The molecular formula is C16H22BrClN2O2. The molecule has 1 aromatic carbocycles. The van der Waals surface area contributed by atoms with Crippen molar-refractivity contribution in [2.24, 2.45) is 11.8 Å². The second-order valence-electron chi connectivity index (χ2n) is 5.89. The molecule has 2 heterocycles. The number of hydrogen-bond acceptors (Lipinski definition) is 3. The number of methoxy groups -OCH3 is 1. The number of likely N-dealkylation sites (tertiary alicyclic amines) is 1. The smallest absolute Gasteiger partial charge is 0.257 e. The summed E-state index contributed by atoms with van der Waals surface area (Å²) in [5, 5.41) is 3.46. The maximum Gasteiger partial charge on any atom is 0.257 e. The fraction of sp³-hybridized carbons (Fsp3) is 0.562. The first kappa shape index (κ1) is 17.6. The van der Waals surface area contributed by atoms with Gasteiger partial charge in [-0.2, -0.15) is 0 Å². The average Bonchev–Trinajstić information content (AvgIpc) is 2.85. The summed E-state index contributed by atoms with van der Waals surface area (Å²) >= 11 is 3.42. The minimum atomic E-state index is 0. The Morgan fingerprint density at radius 3 is 2.50 bits per heavy atom. The average molecular weight is 390 g/mol. The summed E-state index contributed by atoms with van der Waals surface area (Å²) in [7, 11) is 1.61. The Bertz CT molecular complexity index is 527. The molecule has 122 valence electrons. The first-order chi connectivity index (χ1) is 10.2. The van der Waals surface area contributed by atoms with Gasteiger partial charge in [0.1, 0.15) is 5.75 Å². The Balaban J connectivity index is 0.00000176. The van der Waals surface area contributed by atoms with Gasteiger partial charge in [-0.05, 0) is 56.0 Å². The third-order valence-corrected chi connectivity index (χ3v) is 5.19. The van der Waals surface area contributed by atoms with Crippen LogP contribution < -0.4 is 10.1 Å². The maximum atomic E-state index is 12.8. The minimum Gasteiger partial charge on any atom is -0.496 e. The number of halogens is 2. The van der Waals surface area contributed by atoms with Gasteiger partial charge < -0.3 is 15.0 Å². The molecule has 0 radical (unpaired) electrons. The van der Waals surface area contributed by atoms with Gasteiger partial charge in [-0.1, -0.05) is 15.9 Å². The highest BCUT2D eigenvalue weighted by Gasteiger charge is 2.32. The summed E-state index contributed by atoms with van der Waals surface area (Å²) in [6.07, 6.45) is 2.20. The Labute approximate surface area is 146 Å². The van der Waals surface area contributed by atoms with Crippen LogP contribution in [0, 0.1) is 11.8 Å². The molecular weight excluding hydrogens is 368 g/mol. The Hall–Kier alpha value is -0.780. The SMILES string of the molecule is COc1cc(Br)ccc1C(=O)N1CC[C@@H]2CNC[C@@H]2CC1.Cl. The molecule has 2 aliphatic rings. The van der Waals surface area contributed by atoms with Crippen molar-refractivity contribution in [3.05, 3.63) is 28.2 Å². The van der Waals surface area contributed by atoms with Crippen molar-refractivity contribution < 1.29 is 9.53 Å². The number of carbonyl (C=O) groups excluding carboxylic acids is 1. The van der Waals surface area contributed by atoms with Crippen molar-refractivity contribution in [2.45, 2.75) is 12.8 Å². The van der Waals surface area contributed by atoms with Crippen LogP contribution in [0.3, 0.4) is 0 Å². The molecule has 1 amide bonds. The quantitative estimate of drug-likeness (QED) is 0.845. The lowest BCUT2D eigenvalue weighted by Gasteiger charge is -2.22. The highest BCUT2D eigenvalue weighted by Crippen LogP contribution is 2.29. The molecule has 6 heteroatoms. The number of carbonyl (C=O) groups is 1. The van der Waals surface area contributed by atoms with Gasteiger partial charge in [0.15, 0.2) is 0 Å². The summed E-state index contributed by atoms with van der Waals surface area (Å²) in [5.41, 5.74) is 0.658. The van der Waals surface area contributed by atoms with Gasteiger partial charge in [0.05, 0.1) is 12.7 Å². The van der Waals surface area contributed by atoms with E-state index in [0.717, 1.165) is 55.3 Å². The third kappa shape index (κ3) is 3.58. The van der Waals surface area contributed by atoms with E-state index in [9.17, 15) is 4.79 Å². The molecule has 0 spiro atoms. The van der Waals surface area contributed by atoms with Gasteiger partial charge in [-0.3, -0.25) is 4.79 Å². The zero-order chi connectivity index (χ0) is 14.8. The standard InChI is InChI=1S/C16H21BrN2O2.ClH/c1-21-15-8-13(17)2-3-14(15)16(20)19-6-4-11-9-18-10-12(11)5-7-19;/h2-3,8,11-12,18H,4-7,9-10H2,1H3;1H/t11-,12+;. The molecule has 0 aromatic heterocycles. The molecule has 4 nitrogen and oxygen atoms in total. The van der Waals surface area contributed by atoms with E-state index in [-0.39, 0.29) is 18.3 Å². The van der Waals surface area contributed by atoms with Gasteiger partial charge in [0.2, 0.25) is 0 Å². The number of nitrogens with one attached hydrogen (secondary N) is 1. The van der Waals surface area contributed by atoms with E-state index >= 15 is 0 Å². The van der Waals surface area contributed by atoms with Crippen molar-refractivity contribution in [3.63, 3.8) is 0 Å². The first-order valence-corrected chi connectivity index (χ1v) is 8.32. The van der Waals surface area contributed by atoms with E-state index in [1.807, 2.05) is 23.1 Å². The van der Waals surface area contributed by atoms with Crippen LogP contribution >= 0.6 is 28.3 Å². The molecule has 0 saturated carbocycles. The van der Waals surface area contributed by atoms with Crippen LogP contribution in [0.25, 0.3) is 0 Å². The highest BCUT2D eigenvalue weighted by atomic mass is 79.9. The van der Waals surface area contributed by atoms with Crippen LogP contribution in [-0.4, -0.2) is 44.1 Å². The van der Waals surface area contributed by atoms with Gasteiger partial charge in [0.25, 0.3) is 5.91 Å². The van der Waals surface area contributed by atoms with E-state index < -0.39 is 0 Å². The zero-order valence-electron chi connectivity index (χ0n) is 12.7.